The monoisotopic (exact) mass is 423 g/mol. The predicted molar refractivity (Wildman–Crippen MR) is 97.2 cm³/mol. The van der Waals surface area contributed by atoms with E-state index in [2.05, 4.69) is 21.2 Å². The number of hydrogen-bond donors (Lipinski definition) is 1. The fourth-order valence-corrected chi connectivity index (χ4v) is 2.89. The zero-order chi connectivity index (χ0) is 18.5. The summed E-state index contributed by atoms with van der Waals surface area (Å²) in [5.41, 5.74) is -0.589. The average Bonchev–Trinajstić information content (AvgIpc) is 2.33. The van der Waals surface area contributed by atoms with Gasteiger partial charge in [0.05, 0.1) is 11.1 Å². The first kappa shape index (κ1) is 21.0. The number of halogens is 3. The molecule has 0 aliphatic heterocycles. The highest BCUT2D eigenvalue weighted by Gasteiger charge is 2.21. The number of carbonyl (C=O) groups is 1. The summed E-state index contributed by atoms with van der Waals surface area (Å²) >= 11 is 9.18. The van der Waals surface area contributed by atoms with Crippen LogP contribution in [0.5, 0.6) is 5.75 Å². The zero-order valence-corrected chi connectivity index (χ0v) is 16.9. The molecule has 0 saturated carbocycles. The third-order valence-electron chi connectivity index (χ3n) is 2.87. The van der Waals surface area contributed by atoms with Crippen molar-refractivity contribution in [1.82, 2.24) is 5.32 Å². The van der Waals surface area contributed by atoms with E-state index in [4.69, 9.17) is 21.1 Å². The van der Waals surface area contributed by atoms with Gasteiger partial charge in [0.1, 0.15) is 12.2 Å². The van der Waals surface area contributed by atoms with Crippen molar-refractivity contribution in [2.75, 3.05) is 6.61 Å². The fourth-order valence-electron chi connectivity index (χ4n) is 2.06. The molecule has 4 nitrogen and oxygen atoms in total. The van der Waals surface area contributed by atoms with Crippen LogP contribution >= 0.6 is 27.5 Å². The first-order valence-electron chi connectivity index (χ1n) is 7.74. The number of benzene rings is 1. The standard InChI is InChI=1S/C17H24BrClFNO3/c1-10(2)6-12(21-16(22)24-17(3,4)5)9-23-15-13(19)7-11(18)8-14(15)20/h7-8,10,12H,6,9H2,1-5H3,(H,21,22)/t12-/m0/s1. The third-order valence-corrected chi connectivity index (χ3v) is 3.61. The highest BCUT2D eigenvalue weighted by Crippen LogP contribution is 2.31. The van der Waals surface area contributed by atoms with E-state index in [1.807, 2.05) is 13.8 Å². The predicted octanol–water partition coefficient (Wildman–Crippen LogP) is 5.56. The summed E-state index contributed by atoms with van der Waals surface area (Å²) in [6.07, 6.45) is 0.133. The molecule has 0 aromatic heterocycles. The minimum absolute atomic E-state index is 0.0281. The molecule has 1 amide bonds. The van der Waals surface area contributed by atoms with Crippen molar-refractivity contribution in [1.29, 1.82) is 0 Å². The maximum atomic E-state index is 14.0. The van der Waals surface area contributed by atoms with Crippen LogP contribution in [-0.4, -0.2) is 24.3 Å². The number of alkyl carbamates (subject to hydrolysis) is 1. The summed E-state index contributed by atoms with van der Waals surface area (Å²) in [5, 5.41) is 2.93. The SMILES string of the molecule is CC(C)C[C@@H](COc1c(F)cc(Br)cc1Cl)NC(=O)OC(C)(C)C. The Balaban J connectivity index is 2.75. The maximum Gasteiger partial charge on any atom is 0.407 e. The Bertz CT molecular complexity index is 552. The molecule has 0 heterocycles. The van der Waals surface area contributed by atoms with Crippen LogP contribution in [0.15, 0.2) is 16.6 Å². The van der Waals surface area contributed by atoms with Gasteiger partial charge in [-0.3, -0.25) is 0 Å². The summed E-state index contributed by atoms with van der Waals surface area (Å²) in [5.74, 6) is -0.270. The van der Waals surface area contributed by atoms with Crippen molar-refractivity contribution >= 4 is 33.6 Å². The minimum atomic E-state index is -0.589. The highest BCUT2D eigenvalue weighted by atomic mass is 79.9. The van der Waals surface area contributed by atoms with E-state index in [0.29, 0.717) is 16.8 Å². The Hall–Kier alpha value is -1.01. The van der Waals surface area contributed by atoms with Gasteiger partial charge in [0.25, 0.3) is 0 Å². The van der Waals surface area contributed by atoms with Gasteiger partial charge in [-0.05, 0) is 45.2 Å². The van der Waals surface area contributed by atoms with Crippen LogP contribution in [0, 0.1) is 11.7 Å². The Morgan fingerprint density at radius 3 is 2.50 bits per heavy atom. The molecule has 0 aliphatic rings. The Morgan fingerprint density at radius 2 is 2.00 bits per heavy atom. The van der Waals surface area contributed by atoms with Gasteiger partial charge in [-0.25, -0.2) is 9.18 Å². The van der Waals surface area contributed by atoms with Crippen molar-refractivity contribution in [3.8, 4) is 5.75 Å². The smallest absolute Gasteiger partial charge is 0.407 e. The number of ether oxygens (including phenoxy) is 2. The Morgan fingerprint density at radius 1 is 1.38 bits per heavy atom. The van der Waals surface area contributed by atoms with E-state index in [1.165, 1.54) is 6.07 Å². The molecule has 1 N–H and O–H groups in total. The molecule has 1 rings (SSSR count). The highest BCUT2D eigenvalue weighted by molar-refractivity contribution is 9.10. The molecule has 0 spiro atoms. The second-order valence-electron chi connectivity index (χ2n) is 6.98. The van der Waals surface area contributed by atoms with Gasteiger partial charge in [0, 0.05) is 4.47 Å². The van der Waals surface area contributed by atoms with Gasteiger partial charge < -0.3 is 14.8 Å². The molecule has 24 heavy (non-hydrogen) atoms. The van der Waals surface area contributed by atoms with Crippen molar-refractivity contribution in [3.05, 3.63) is 27.4 Å². The third kappa shape index (κ3) is 7.71. The van der Waals surface area contributed by atoms with Crippen LogP contribution in [0.3, 0.4) is 0 Å². The Kier molecular flexibility index (Phi) is 7.80. The van der Waals surface area contributed by atoms with E-state index in [0.717, 1.165) is 0 Å². The molecular formula is C17H24BrClFNO3. The topological polar surface area (TPSA) is 47.6 Å². The number of carbonyl (C=O) groups excluding carboxylic acids is 1. The normalized spacial score (nSPS) is 12.9. The molecule has 0 saturated heterocycles. The van der Waals surface area contributed by atoms with Gasteiger partial charge in [-0.1, -0.05) is 41.4 Å². The van der Waals surface area contributed by atoms with Gasteiger partial charge in [0.15, 0.2) is 11.6 Å². The van der Waals surface area contributed by atoms with E-state index in [9.17, 15) is 9.18 Å². The molecule has 1 atom stereocenters. The van der Waals surface area contributed by atoms with E-state index >= 15 is 0 Å². The van der Waals surface area contributed by atoms with Gasteiger partial charge in [0.2, 0.25) is 0 Å². The lowest BCUT2D eigenvalue weighted by Gasteiger charge is -2.25. The van der Waals surface area contributed by atoms with Crippen LogP contribution in [-0.2, 0) is 4.74 Å². The molecule has 1 aromatic rings. The van der Waals surface area contributed by atoms with Crippen molar-refractivity contribution < 1.29 is 18.7 Å². The largest absolute Gasteiger partial charge is 0.487 e. The van der Waals surface area contributed by atoms with Crippen LogP contribution in [0.4, 0.5) is 9.18 Å². The first-order chi connectivity index (χ1) is 11.0. The van der Waals surface area contributed by atoms with E-state index < -0.39 is 17.5 Å². The fraction of sp³-hybridized carbons (Fsp3) is 0.588. The molecular weight excluding hydrogens is 401 g/mol. The van der Waals surface area contributed by atoms with Crippen LogP contribution in [0.2, 0.25) is 5.02 Å². The molecule has 0 aliphatic carbocycles. The van der Waals surface area contributed by atoms with E-state index in [1.54, 1.807) is 26.8 Å². The zero-order valence-electron chi connectivity index (χ0n) is 14.6. The number of amides is 1. The molecule has 0 radical (unpaired) electrons. The molecule has 1 aromatic carbocycles. The molecule has 0 unspecified atom stereocenters. The lowest BCUT2D eigenvalue weighted by molar-refractivity contribution is 0.0479. The first-order valence-corrected chi connectivity index (χ1v) is 8.92. The number of nitrogens with one attached hydrogen (secondary N) is 1. The number of rotatable bonds is 6. The Labute approximate surface area is 156 Å². The number of hydrogen-bond acceptors (Lipinski definition) is 3. The van der Waals surface area contributed by atoms with Crippen molar-refractivity contribution in [2.24, 2.45) is 5.92 Å². The van der Waals surface area contributed by atoms with Crippen molar-refractivity contribution in [3.63, 3.8) is 0 Å². The minimum Gasteiger partial charge on any atom is -0.487 e. The summed E-state index contributed by atoms with van der Waals surface area (Å²) in [6, 6.07) is 2.51. The lowest BCUT2D eigenvalue weighted by atomic mass is 10.0. The second-order valence-corrected chi connectivity index (χ2v) is 8.31. The average molecular weight is 425 g/mol. The van der Waals surface area contributed by atoms with E-state index in [-0.39, 0.29) is 23.4 Å². The second kappa shape index (κ2) is 8.90. The molecule has 136 valence electrons. The summed E-state index contributed by atoms with van der Waals surface area (Å²) in [4.78, 5) is 11.9. The van der Waals surface area contributed by atoms with Crippen molar-refractivity contribution in [2.45, 2.75) is 52.7 Å². The van der Waals surface area contributed by atoms with Crippen LogP contribution in [0.25, 0.3) is 0 Å². The van der Waals surface area contributed by atoms with Crippen LogP contribution in [0.1, 0.15) is 41.0 Å². The summed E-state index contributed by atoms with van der Waals surface area (Å²) in [6.45, 7) is 9.51. The molecule has 0 bridgehead atoms. The van der Waals surface area contributed by atoms with Gasteiger partial charge in [-0.15, -0.1) is 0 Å². The molecule has 0 fully saturated rings. The van der Waals surface area contributed by atoms with Crippen LogP contribution < -0.4 is 10.1 Å². The lowest BCUT2D eigenvalue weighted by Crippen LogP contribution is -2.42. The van der Waals surface area contributed by atoms with Gasteiger partial charge >= 0.3 is 6.09 Å². The quantitative estimate of drug-likeness (QED) is 0.650. The van der Waals surface area contributed by atoms with Gasteiger partial charge in [-0.2, -0.15) is 0 Å². The maximum absolute atomic E-state index is 14.0. The summed E-state index contributed by atoms with van der Waals surface area (Å²) in [7, 11) is 0. The summed E-state index contributed by atoms with van der Waals surface area (Å²) < 4.78 is 25.3. The molecule has 7 heteroatoms.